The lowest BCUT2D eigenvalue weighted by molar-refractivity contribution is 0.00763. The Hall–Kier alpha value is -1.40. The summed E-state index contributed by atoms with van der Waals surface area (Å²) in [6, 6.07) is 0. The van der Waals surface area contributed by atoms with Crippen molar-refractivity contribution in [3.8, 4) is 9.75 Å². The maximum absolute atomic E-state index is 12.2. The van der Waals surface area contributed by atoms with Crippen molar-refractivity contribution in [2.45, 2.75) is 40.2 Å². The Morgan fingerprint density at radius 2 is 1.95 bits per heavy atom. The summed E-state index contributed by atoms with van der Waals surface area (Å²) in [6.45, 7) is 9.40. The van der Waals surface area contributed by atoms with E-state index >= 15 is 0 Å². The summed E-state index contributed by atoms with van der Waals surface area (Å²) in [5.74, 6) is -0.365. The molecule has 0 spiro atoms. The zero-order valence-electron chi connectivity index (χ0n) is 12.2. The quantitative estimate of drug-likeness (QED) is 0.851. The Labute approximate surface area is 126 Å². The van der Waals surface area contributed by atoms with Crippen LogP contribution in [0.2, 0.25) is 0 Å². The van der Waals surface area contributed by atoms with E-state index in [9.17, 15) is 4.79 Å². The van der Waals surface area contributed by atoms with Crippen molar-refractivity contribution < 1.29 is 9.53 Å². The molecule has 0 saturated carbocycles. The molecule has 2 heterocycles. The molecule has 0 amide bonds. The maximum Gasteiger partial charge on any atom is 0.351 e. The van der Waals surface area contributed by atoms with Gasteiger partial charge >= 0.3 is 5.97 Å². The van der Waals surface area contributed by atoms with Gasteiger partial charge in [-0.1, -0.05) is 0 Å². The van der Waals surface area contributed by atoms with Crippen LogP contribution in [0, 0.1) is 13.8 Å². The number of anilines is 1. The van der Waals surface area contributed by atoms with E-state index in [0.717, 1.165) is 20.3 Å². The molecule has 2 N–H and O–H groups in total. The molecule has 0 aromatic carbocycles. The molecule has 6 heteroatoms. The van der Waals surface area contributed by atoms with Gasteiger partial charge in [0.25, 0.3) is 0 Å². The molecule has 2 aromatic heterocycles. The molecule has 0 saturated heterocycles. The molecular weight excluding hydrogens is 292 g/mol. The minimum atomic E-state index is -0.525. The second kappa shape index (κ2) is 5.18. The van der Waals surface area contributed by atoms with E-state index in [2.05, 4.69) is 4.98 Å². The van der Waals surface area contributed by atoms with Gasteiger partial charge in [0.2, 0.25) is 0 Å². The Kier molecular flexibility index (Phi) is 3.88. The predicted molar refractivity (Wildman–Crippen MR) is 84.5 cm³/mol. The summed E-state index contributed by atoms with van der Waals surface area (Å²) in [6.07, 6.45) is 1.82. The average molecular weight is 310 g/mol. The molecule has 20 heavy (non-hydrogen) atoms. The third kappa shape index (κ3) is 3.02. The molecule has 0 bridgehead atoms. The van der Waals surface area contributed by atoms with Gasteiger partial charge in [-0.05, 0) is 40.2 Å². The second-order valence-electron chi connectivity index (χ2n) is 5.54. The first-order valence-corrected chi connectivity index (χ1v) is 7.87. The van der Waals surface area contributed by atoms with Crippen molar-refractivity contribution in [2.75, 3.05) is 5.73 Å². The number of ether oxygens (including phenoxy) is 1. The molecule has 0 unspecified atom stereocenters. The summed E-state index contributed by atoms with van der Waals surface area (Å²) in [4.78, 5) is 18.9. The van der Waals surface area contributed by atoms with E-state index < -0.39 is 5.60 Å². The number of esters is 1. The number of nitrogens with zero attached hydrogens (tertiary/aromatic N) is 1. The van der Waals surface area contributed by atoms with Crippen LogP contribution in [-0.4, -0.2) is 16.6 Å². The molecule has 0 aliphatic rings. The Balaban J connectivity index is 2.40. The van der Waals surface area contributed by atoms with E-state index in [1.807, 2.05) is 40.8 Å². The molecule has 0 fully saturated rings. The van der Waals surface area contributed by atoms with Crippen molar-refractivity contribution in [1.29, 1.82) is 0 Å². The number of nitrogen functional groups attached to an aromatic ring is 1. The molecule has 0 aliphatic carbocycles. The first kappa shape index (κ1) is 15.0. The first-order chi connectivity index (χ1) is 9.19. The third-order valence-corrected chi connectivity index (χ3v) is 5.00. The van der Waals surface area contributed by atoms with Gasteiger partial charge in [0.1, 0.15) is 10.5 Å². The average Bonchev–Trinajstić information content (AvgIpc) is 2.83. The van der Waals surface area contributed by atoms with Gasteiger partial charge < -0.3 is 10.5 Å². The van der Waals surface area contributed by atoms with Crippen molar-refractivity contribution >= 4 is 34.3 Å². The van der Waals surface area contributed by atoms with E-state index in [0.29, 0.717) is 10.6 Å². The number of aromatic nitrogens is 1. The number of nitrogens with two attached hydrogens (primary N) is 1. The van der Waals surface area contributed by atoms with Gasteiger partial charge in [-0.2, -0.15) is 0 Å². The minimum absolute atomic E-state index is 0.365. The number of thiazole rings is 1. The van der Waals surface area contributed by atoms with Crippen LogP contribution in [0.5, 0.6) is 0 Å². The molecule has 4 nitrogen and oxygen atoms in total. The van der Waals surface area contributed by atoms with Gasteiger partial charge in [-0.15, -0.1) is 22.7 Å². The highest BCUT2D eigenvalue weighted by atomic mass is 32.1. The molecule has 108 valence electrons. The highest BCUT2D eigenvalue weighted by Crippen LogP contribution is 2.40. The van der Waals surface area contributed by atoms with Gasteiger partial charge in [0, 0.05) is 6.20 Å². The molecule has 0 aliphatic heterocycles. The second-order valence-corrected chi connectivity index (χ2v) is 7.80. The first-order valence-electron chi connectivity index (χ1n) is 6.24. The standard InChI is InChI=1S/C14H18N2O2S2/c1-7-10(15)12(13(17)18-14(3,4)5)20-11(7)9-6-16-8(2)19-9/h6H,15H2,1-5H3. The van der Waals surface area contributed by atoms with Crippen LogP contribution in [0.15, 0.2) is 6.20 Å². The highest BCUT2D eigenvalue weighted by molar-refractivity contribution is 7.23. The lowest BCUT2D eigenvalue weighted by atomic mass is 10.2. The predicted octanol–water partition coefficient (Wildman–Crippen LogP) is 4.03. The normalized spacial score (nSPS) is 11.7. The van der Waals surface area contributed by atoms with Crippen LogP contribution in [0.4, 0.5) is 5.69 Å². The molecule has 0 radical (unpaired) electrons. The van der Waals surface area contributed by atoms with Crippen molar-refractivity contribution in [3.05, 3.63) is 21.6 Å². The number of rotatable bonds is 2. The fraction of sp³-hybridized carbons (Fsp3) is 0.429. The third-order valence-electron chi connectivity index (χ3n) is 2.62. The van der Waals surface area contributed by atoms with E-state index in [1.54, 1.807) is 11.3 Å². The monoisotopic (exact) mass is 310 g/mol. The van der Waals surface area contributed by atoms with Gasteiger partial charge in [0.15, 0.2) is 0 Å². The van der Waals surface area contributed by atoms with Crippen LogP contribution < -0.4 is 5.73 Å². The van der Waals surface area contributed by atoms with Crippen LogP contribution in [0.1, 0.15) is 41.0 Å². The number of hydrogen-bond donors (Lipinski definition) is 1. The molecule has 2 rings (SSSR count). The maximum atomic E-state index is 12.2. The van der Waals surface area contributed by atoms with Gasteiger partial charge in [0.05, 0.1) is 20.4 Å². The number of carbonyl (C=O) groups is 1. The van der Waals surface area contributed by atoms with Crippen molar-refractivity contribution in [3.63, 3.8) is 0 Å². The van der Waals surface area contributed by atoms with Crippen LogP contribution in [-0.2, 0) is 4.74 Å². The number of carbonyl (C=O) groups excluding carboxylic acids is 1. The fourth-order valence-corrected chi connectivity index (χ4v) is 3.74. The summed E-state index contributed by atoms with van der Waals surface area (Å²) in [5, 5.41) is 0.991. The SMILES string of the molecule is Cc1ncc(-c2sc(C(=O)OC(C)(C)C)c(N)c2C)s1. The lowest BCUT2D eigenvalue weighted by Gasteiger charge is -2.19. The summed E-state index contributed by atoms with van der Waals surface area (Å²) >= 11 is 2.97. The lowest BCUT2D eigenvalue weighted by Crippen LogP contribution is -2.23. The van der Waals surface area contributed by atoms with Crippen LogP contribution in [0.3, 0.4) is 0 Å². The number of hydrogen-bond acceptors (Lipinski definition) is 6. The smallest absolute Gasteiger partial charge is 0.351 e. The number of thiophene rings is 1. The van der Waals surface area contributed by atoms with E-state index in [-0.39, 0.29) is 5.97 Å². The molecule has 2 aromatic rings. The highest BCUT2D eigenvalue weighted by Gasteiger charge is 2.25. The van der Waals surface area contributed by atoms with E-state index in [4.69, 9.17) is 10.5 Å². The fourth-order valence-electron chi connectivity index (χ4n) is 1.70. The van der Waals surface area contributed by atoms with Crippen molar-refractivity contribution in [1.82, 2.24) is 4.98 Å². The van der Waals surface area contributed by atoms with Gasteiger partial charge in [-0.3, -0.25) is 0 Å². The van der Waals surface area contributed by atoms with Crippen molar-refractivity contribution in [2.24, 2.45) is 0 Å². The van der Waals surface area contributed by atoms with Gasteiger partial charge in [-0.25, -0.2) is 9.78 Å². The Morgan fingerprint density at radius 3 is 2.45 bits per heavy atom. The van der Waals surface area contributed by atoms with Crippen LogP contribution >= 0.6 is 22.7 Å². The Morgan fingerprint density at radius 1 is 1.30 bits per heavy atom. The van der Waals surface area contributed by atoms with Crippen LogP contribution in [0.25, 0.3) is 9.75 Å². The molecular formula is C14H18N2O2S2. The summed E-state index contributed by atoms with van der Waals surface area (Å²) in [7, 11) is 0. The van der Waals surface area contributed by atoms with E-state index in [1.165, 1.54) is 11.3 Å². The topological polar surface area (TPSA) is 65.2 Å². The zero-order chi connectivity index (χ0) is 15.1. The zero-order valence-corrected chi connectivity index (χ0v) is 13.9. The minimum Gasteiger partial charge on any atom is -0.456 e. The summed E-state index contributed by atoms with van der Waals surface area (Å²) < 4.78 is 5.39. The largest absolute Gasteiger partial charge is 0.456 e. The number of aryl methyl sites for hydroxylation is 1. The Bertz CT molecular complexity index is 651. The summed E-state index contributed by atoms with van der Waals surface area (Å²) in [5.41, 5.74) is 6.96. The molecule has 0 atom stereocenters.